The molecule has 1 aliphatic carbocycles. The highest BCUT2D eigenvalue weighted by Crippen LogP contribution is 2.25. The molecule has 0 radical (unpaired) electrons. The molecule has 1 heterocycles. The molecule has 1 N–H and O–H groups in total. The van der Waals surface area contributed by atoms with Gasteiger partial charge in [-0.1, -0.05) is 26.2 Å². The van der Waals surface area contributed by atoms with Crippen molar-refractivity contribution in [3.63, 3.8) is 0 Å². The third kappa shape index (κ3) is 4.61. The van der Waals surface area contributed by atoms with Crippen LogP contribution < -0.4 is 5.32 Å². The number of nitrogens with one attached hydrogen (secondary N) is 1. The van der Waals surface area contributed by atoms with E-state index in [0.29, 0.717) is 19.0 Å². The summed E-state index contributed by atoms with van der Waals surface area (Å²) in [5.74, 6) is 0.560. The Labute approximate surface area is 128 Å². The molecule has 120 valence electrons. The molecule has 0 aromatic heterocycles. The van der Waals surface area contributed by atoms with Crippen molar-refractivity contribution in [2.45, 2.75) is 51.9 Å². The van der Waals surface area contributed by atoms with Crippen molar-refractivity contribution in [3.8, 4) is 0 Å². The molecule has 2 aliphatic rings. The Hall–Kier alpha value is -1.26. The Morgan fingerprint density at radius 2 is 1.62 bits per heavy atom. The Kier molecular flexibility index (Phi) is 6.33. The van der Waals surface area contributed by atoms with E-state index in [1.165, 1.54) is 19.3 Å². The van der Waals surface area contributed by atoms with Gasteiger partial charge in [0, 0.05) is 38.6 Å². The van der Waals surface area contributed by atoms with Crippen LogP contribution in [-0.4, -0.2) is 54.5 Å². The summed E-state index contributed by atoms with van der Waals surface area (Å²) in [7, 11) is 0. The van der Waals surface area contributed by atoms with Gasteiger partial charge >= 0.3 is 6.03 Å². The van der Waals surface area contributed by atoms with Gasteiger partial charge in [0.2, 0.25) is 5.91 Å². The quantitative estimate of drug-likeness (QED) is 0.868. The van der Waals surface area contributed by atoms with Crippen LogP contribution in [0.4, 0.5) is 4.79 Å². The predicted octanol–water partition coefficient (Wildman–Crippen LogP) is 2.22. The number of carbonyl (C=O) groups is 2. The summed E-state index contributed by atoms with van der Waals surface area (Å²) in [6.07, 6.45) is 7.59. The molecule has 21 heavy (non-hydrogen) atoms. The third-order valence-corrected chi connectivity index (χ3v) is 4.58. The first-order chi connectivity index (χ1) is 10.2. The summed E-state index contributed by atoms with van der Waals surface area (Å²) in [6, 6.07) is 0.0174. The van der Waals surface area contributed by atoms with Crippen LogP contribution >= 0.6 is 0 Å². The van der Waals surface area contributed by atoms with Gasteiger partial charge in [0.05, 0.1) is 0 Å². The van der Waals surface area contributed by atoms with E-state index in [2.05, 4.69) is 5.32 Å². The minimum atomic E-state index is 0.0174. The van der Waals surface area contributed by atoms with Crippen LogP contribution in [0.25, 0.3) is 0 Å². The van der Waals surface area contributed by atoms with Crippen LogP contribution in [0.2, 0.25) is 0 Å². The zero-order valence-corrected chi connectivity index (χ0v) is 13.3. The maximum absolute atomic E-state index is 12.6. The zero-order chi connectivity index (χ0) is 15.1. The summed E-state index contributed by atoms with van der Waals surface area (Å²) < 4.78 is 0. The normalized spacial score (nSPS) is 21.0. The third-order valence-electron chi connectivity index (χ3n) is 4.58. The summed E-state index contributed by atoms with van der Waals surface area (Å²) >= 11 is 0. The number of nitrogens with zero attached hydrogens (tertiary/aromatic N) is 2. The molecular formula is C16H29N3O2. The molecule has 3 amide bonds. The van der Waals surface area contributed by atoms with Gasteiger partial charge in [-0.2, -0.15) is 0 Å². The van der Waals surface area contributed by atoms with Crippen molar-refractivity contribution in [1.82, 2.24) is 15.1 Å². The molecule has 0 aromatic carbocycles. The van der Waals surface area contributed by atoms with E-state index in [0.717, 1.165) is 45.3 Å². The Morgan fingerprint density at radius 3 is 2.33 bits per heavy atom. The first-order valence-corrected chi connectivity index (χ1v) is 8.54. The van der Waals surface area contributed by atoms with Crippen molar-refractivity contribution < 1.29 is 9.59 Å². The lowest BCUT2D eigenvalue weighted by atomic mass is 9.88. The molecule has 0 unspecified atom stereocenters. The molecule has 0 aromatic rings. The fourth-order valence-corrected chi connectivity index (χ4v) is 3.29. The highest BCUT2D eigenvalue weighted by molar-refractivity contribution is 5.79. The van der Waals surface area contributed by atoms with Crippen LogP contribution in [0.5, 0.6) is 0 Å². The van der Waals surface area contributed by atoms with Crippen molar-refractivity contribution >= 4 is 11.9 Å². The zero-order valence-electron chi connectivity index (χ0n) is 13.3. The second kappa shape index (κ2) is 8.25. The molecule has 0 bridgehead atoms. The monoisotopic (exact) mass is 295 g/mol. The van der Waals surface area contributed by atoms with Gasteiger partial charge in [-0.25, -0.2) is 4.79 Å². The van der Waals surface area contributed by atoms with Crippen molar-refractivity contribution in [2.24, 2.45) is 5.92 Å². The van der Waals surface area contributed by atoms with Gasteiger partial charge < -0.3 is 15.1 Å². The Balaban J connectivity index is 1.82. The number of amides is 3. The van der Waals surface area contributed by atoms with E-state index in [9.17, 15) is 9.59 Å². The fourth-order valence-electron chi connectivity index (χ4n) is 3.29. The molecule has 5 heteroatoms. The van der Waals surface area contributed by atoms with Gasteiger partial charge in [0.25, 0.3) is 0 Å². The van der Waals surface area contributed by atoms with E-state index < -0.39 is 0 Å². The first-order valence-electron chi connectivity index (χ1n) is 8.54. The smallest absolute Gasteiger partial charge is 0.317 e. The van der Waals surface area contributed by atoms with Gasteiger partial charge in [0.15, 0.2) is 0 Å². The van der Waals surface area contributed by atoms with Crippen molar-refractivity contribution in [3.05, 3.63) is 0 Å². The van der Waals surface area contributed by atoms with Crippen LogP contribution in [0.1, 0.15) is 51.9 Å². The largest absolute Gasteiger partial charge is 0.341 e. The lowest BCUT2D eigenvalue weighted by molar-refractivity contribution is -0.136. The van der Waals surface area contributed by atoms with Gasteiger partial charge in [-0.3, -0.25) is 4.79 Å². The molecule has 2 rings (SSSR count). The molecule has 0 atom stereocenters. The van der Waals surface area contributed by atoms with Gasteiger partial charge in [-0.15, -0.1) is 0 Å². The molecule has 1 saturated carbocycles. The Bertz CT molecular complexity index is 353. The highest BCUT2D eigenvalue weighted by Gasteiger charge is 2.28. The van der Waals surface area contributed by atoms with Crippen LogP contribution in [0, 0.1) is 5.92 Å². The van der Waals surface area contributed by atoms with E-state index in [1.54, 1.807) is 0 Å². The van der Waals surface area contributed by atoms with Crippen molar-refractivity contribution in [1.29, 1.82) is 0 Å². The minimum Gasteiger partial charge on any atom is -0.341 e. The van der Waals surface area contributed by atoms with Gasteiger partial charge in [0.1, 0.15) is 0 Å². The highest BCUT2D eigenvalue weighted by atomic mass is 16.2. The van der Waals surface area contributed by atoms with Gasteiger partial charge in [-0.05, 0) is 25.7 Å². The summed E-state index contributed by atoms with van der Waals surface area (Å²) in [5.41, 5.74) is 0. The number of carbonyl (C=O) groups excluding carboxylic acids is 2. The molecule has 2 fully saturated rings. The lowest BCUT2D eigenvalue weighted by Gasteiger charge is -2.28. The molecule has 5 nitrogen and oxygen atoms in total. The average molecular weight is 295 g/mol. The minimum absolute atomic E-state index is 0.0174. The second-order valence-electron chi connectivity index (χ2n) is 6.23. The average Bonchev–Trinajstić information content (AvgIpc) is 2.79. The topological polar surface area (TPSA) is 52.7 Å². The summed E-state index contributed by atoms with van der Waals surface area (Å²) in [5, 5.41) is 2.92. The van der Waals surface area contributed by atoms with E-state index >= 15 is 0 Å². The summed E-state index contributed by atoms with van der Waals surface area (Å²) in [4.78, 5) is 28.4. The van der Waals surface area contributed by atoms with Crippen LogP contribution in [0.15, 0.2) is 0 Å². The number of urea groups is 1. The van der Waals surface area contributed by atoms with Crippen LogP contribution in [0.3, 0.4) is 0 Å². The van der Waals surface area contributed by atoms with E-state index in [4.69, 9.17) is 0 Å². The standard InChI is InChI=1S/C16H29N3O2/c1-2-9-17-16(21)19-11-6-10-18(12-13-19)15(20)14-7-4-3-5-8-14/h14H,2-13H2,1H3,(H,17,21). The first kappa shape index (κ1) is 16.1. The molecule has 1 saturated heterocycles. The number of rotatable bonds is 3. The van der Waals surface area contributed by atoms with E-state index in [1.807, 2.05) is 16.7 Å². The maximum Gasteiger partial charge on any atom is 0.317 e. The van der Waals surface area contributed by atoms with Crippen molar-refractivity contribution in [2.75, 3.05) is 32.7 Å². The second-order valence-corrected chi connectivity index (χ2v) is 6.23. The maximum atomic E-state index is 12.6. The Morgan fingerprint density at radius 1 is 0.952 bits per heavy atom. The molecule has 1 aliphatic heterocycles. The SMILES string of the molecule is CCCNC(=O)N1CCCN(C(=O)C2CCCCC2)CC1. The lowest BCUT2D eigenvalue weighted by Crippen LogP contribution is -2.43. The van der Waals surface area contributed by atoms with Crippen LogP contribution in [-0.2, 0) is 4.79 Å². The summed E-state index contributed by atoms with van der Waals surface area (Å²) in [6.45, 7) is 5.67. The fraction of sp³-hybridized carbons (Fsp3) is 0.875. The molecule has 0 spiro atoms. The molecular weight excluding hydrogens is 266 g/mol. The number of hydrogen-bond acceptors (Lipinski definition) is 2. The van der Waals surface area contributed by atoms with E-state index in [-0.39, 0.29) is 11.9 Å². The number of hydrogen-bond donors (Lipinski definition) is 1. The predicted molar refractivity (Wildman–Crippen MR) is 83.0 cm³/mol.